The number of pyridine rings is 2. The van der Waals surface area contributed by atoms with Gasteiger partial charge in [0.2, 0.25) is 0 Å². The maximum atomic E-state index is 5.83. The minimum absolute atomic E-state index is 0.0274. The quantitative estimate of drug-likeness (QED) is 0.678. The van der Waals surface area contributed by atoms with Gasteiger partial charge in [0.25, 0.3) is 0 Å². The van der Waals surface area contributed by atoms with Crippen LogP contribution in [0.15, 0.2) is 67.3 Å². The number of nitrogens with zero attached hydrogens (tertiary/aromatic N) is 4. The SMILES string of the molecule is S=C1N[C@H](c2ccccn2)[C@@H](c2cccn2-c2cccnc2)N1C1CCCC1. The van der Waals surface area contributed by atoms with Crippen molar-refractivity contribution in [3.8, 4) is 5.69 Å². The Bertz CT molecular complexity index is 949. The van der Waals surface area contributed by atoms with Crippen molar-refractivity contribution in [3.63, 3.8) is 0 Å². The van der Waals surface area contributed by atoms with E-state index < -0.39 is 0 Å². The predicted octanol–water partition coefficient (Wildman–Crippen LogP) is 4.18. The molecule has 142 valence electrons. The Kier molecular flexibility index (Phi) is 4.56. The number of hydrogen-bond donors (Lipinski definition) is 1. The summed E-state index contributed by atoms with van der Waals surface area (Å²) in [6.45, 7) is 0. The summed E-state index contributed by atoms with van der Waals surface area (Å²) in [5.41, 5.74) is 3.30. The Morgan fingerprint density at radius 1 is 1.00 bits per heavy atom. The molecule has 2 fully saturated rings. The Morgan fingerprint density at radius 3 is 2.64 bits per heavy atom. The molecule has 0 amide bonds. The normalized spacial score (nSPS) is 22.6. The van der Waals surface area contributed by atoms with Crippen LogP contribution < -0.4 is 5.32 Å². The van der Waals surface area contributed by atoms with Gasteiger partial charge < -0.3 is 14.8 Å². The van der Waals surface area contributed by atoms with Crippen molar-refractivity contribution < 1.29 is 0 Å². The fraction of sp³-hybridized carbons (Fsp3) is 0.318. The molecule has 4 heterocycles. The van der Waals surface area contributed by atoms with E-state index in [1.807, 2.05) is 30.6 Å². The van der Waals surface area contributed by atoms with E-state index in [1.54, 1.807) is 6.20 Å². The first-order valence-electron chi connectivity index (χ1n) is 9.90. The van der Waals surface area contributed by atoms with Crippen molar-refractivity contribution in [3.05, 3.63) is 78.6 Å². The van der Waals surface area contributed by atoms with Crippen LogP contribution in [0, 0.1) is 0 Å². The summed E-state index contributed by atoms with van der Waals surface area (Å²) in [4.78, 5) is 11.4. The monoisotopic (exact) mass is 389 g/mol. The standard InChI is InChI=1S/C22H23N5S/c28-22-25-20(18-10-3-4-13-24-18)21(27(22)16-7-1-2-8-16)19-11-6-14-26(19)17-9-5-12-23-15-17/h3-6,9-16,20-21H,1-2,7-8H2,(H,25,28)/t20-,21-/m1/s1. The van der Waals surface area contributed by atoms with Gasteiger partial charge >= 0.3 is 0 Å². The fourth-order valence-corrected chi connectivity index (χ4v) is 5.01. The van der Waals surface area contributed by atoms with Crippen LogP contribution in [0.25, 0.3) is 5.69 Å². The van der Waals surface area contributed by atoms with Crippen LogP contribution in [0.2, 0.25) is 0 Å². The highest BCUT2D eigenvalue weighted by molar-refractivity contribution is 7.80. The van der Waals surface area contributed by atoms with Gasteiger partial charge in [0.05, 0.1) is 29.7 Å². The molecule has 1 saturated carbocycles. The molecule has 5 nitrogen and oxygen atoms in total. The fourth-order valence-electron chi connectivity index (χ4n) is 4.62. The van der Waals surface area contributed by atoms with Gasteiger partial charge in [-0.05, 0) is 61.5 Å². The first-order chi connectivity index (χ1) is 13.8. The Balaban J connectivity index is 1.62. The highest BCUT2D eigenvalue weighted by atomic mass is 32.1. The van der Waals surface area contributed by atoms with Gasteiger partial charge in [-0.25, -0.2) is 0 Å². The number of rotatable bonds is 4. The topological polar surface area (TPSA) is 46.0 Å². The summed E-state index contributed by atoms with van der Waals surface area (Å²) in [5, 5.41) is 4.42. The lowest BCUT2D eigenvalue weighted by molar-refractivity contribution is 0.239. The average Bonchev–Trinajstić information content (AvgIpc) is 3.48. The molecule has 3 aromatic heterocycles. The molecule has 2 atom stereocenters. The molecule has 0 unspecified atom stereocenters. The second-order valence-electron chi connectivity index (χ2n) is 7.49. The van der Waals surface area contributed by atoms with E-state index in [4.69, 9.17) is 12.2 Å². The van der Waals surface area contributed by atoms with Crippen LogP contribution in [-0.2, 0) is 0 Å². The summed E-state index contributed by atoms with van der Waals surface area (Å²) < 4.78 is 2.23. The summed E-state index contributed by atoms with van der Waals surface area (Å²) >= 11 is 5.83. The molecular formula is C22H23N5S. The van der Waals surface area contributed by atoms with E-state index in [1.165, 1.54) is 31.4 Å². The molecule has 0 bridgehead atoms. The third kappa shape index (κ3) is 2.98. The lowest BCUT2D eigenvalue weighted by Crippen LogP contribution is -2.38. The Hall–Kier alpha value is -2.73. The van der Waals surface area contributed by atoms with E-state index in [9.17, 15) is 0 Å². The zero-order chi connectivity index (χ0) is 18.9. The van der Waals surface area contributed by atoms with Crippen molar-refractivity contribution in [2.24, 2.45) is 0 Å². The smallest absolute Gasteiger partial charge is 0.170 e. The largest absolute Gasteiger partial charge is 0.352 e. The lowest BCUT2D eigenvalue weighted by atomic mass is 9.99. The molecule has 1 saturated heterocycles. The van der Waals surface area contributed by atoms with Crippen molar-refractivity contribution in [1.29, 1.82) is 0 Å². The summed E-state index contributed by atoms with van der Waals surface area (Å²) in [7, 11) is 0. The van der Waals surface area contributed by atoms with Crippen molar-refractivity contribution >= 4 is 17.3 Å². The van der Waals surface area contributed by atoms with E-state index in [-0.39, 0.29) is 12.1 Å². The average molecular weight is 390 g/mol. The zero-order valence-corrected chi connectivity index (χ0v) is 16.4. The third-order valence-electron chi connectivity index (χ3n) is 5.86. The molecule has 0 spiro atoms. The lowest BCUT2D eigenvalue weighted by Gasteiger charge is -2.33. The third-order valence-corrected chi connectivity index (χ3v) is 6.19. The van der Waals surface area contributed by atoms with Gasteiger partial charge in [0.15, 0.2) is 5.11 Å². The molecule has 1 N–H and O–H groups in total. The van der Waals surface area contributed by atoms with Crippen molar-refractivity contribution in [2.45, 2.75) is 43.8 Å². The van der Waals surface area contributed by atoms with E-state index in [0.29, 0.717) is 6.04 Å². The van der Waals surface area contributed by atoms with Crippen LogP contribution in [0.1, 0.15) is 49.2 Å². The molecule has 3 aromatic rings. The van der Waals surface area contributed by atoms with Gasteiger partial charge in [-0.3, -0.25) is 9.97 Å². The molecule has 5 rings (SSSR count). The molecule has 6 heteroatoms. The molecule has 2 aliphatic rings. The first-order valence-corrected chi connectivity index (χ1v) is 10.3. The zero-order valence-electron chi connectivity index (χ0n) is 15.6. The summed E-state index contributed by atoms with van der Waals surface area (Å²) in [6, 6.07) is 15.1. The number of thiocarbonyl (C=S) groups is 1. The summed E-state index contributed by atoms with van der Waals surface area (Å²) in [6.07, 6.45) is 12.6. The maximum absolute atomic E-state index is 5.83. The van der Waals surface area contributed by atoms with Crippen LogP contribution in [-0.4, -0.2) is 30.6 Å². The summed E-state index contributed by atoms with van der Waals surface area (Å²) in [5.74, 6) is 0. The van der Waals surface area contributed by atoms with Gasteiger partial charge in [0, 0.05) is 30.3 Å². The van der Waals surface area contributed by atoms with Crippen LogP contribution in [0.3, 0.4) is 0 Å². The van der Waals surface area contributed by atoms with E-state index in [2.05, 4.69) is 55.2 Å². The molecule has 0 radical (unpaired) electrons. The van der Waals surface area contributed by atoms with Gasteiger partial charge in [-0.1, -0.05) is 18.9 Å². The number of aromatic nitrogens is 3. The minimum atomic E-state index is 0.0274. The molecular weight excluding hydrogens is 366 g/mol. The van der Waals surface area contributed by atoms with Gasteiger partial charge in [-0.15, -0.1) is 0 Å². The highest BCUT2D eigenvalue weighted by Gasteiger charge is 2.44. The van der Waals surface area contributed by atoms with Gasteiger partial charge in [0.1, 0.15) is 0 Å². The predicted molar refractivity (Wildman–Crippen MR) is 113 cm³/mol. The number of nitrogens with one attached hydrogen (secondary N) is 1. The Labute approximate surface area is 170 Å². The first kappa shape index (κ1) is 17.4. The van der Waals surface area contributed by atoms with Crippen molar-refractivity contribution in [2.75, 3.05) is 0 Å². The molecule has 1 aliphatic carbocycles. The van der Waals surface area contributed by atoms with Crippen LogP contribution >= 0.6 is 12.2 Å². The Morgan fingerprint density at radius 2 is 1.89 bits per heavy atom. The molecule has 1 aliphatic heterocycles. The van der Waals surface area contributed by atoms with E-state index >= 15 is 0 Å². The van der Waals surface area contributed by atoms with Crippen molar-refractivity contribution in [1.82, 2.24) is 24.8 Å². The van der Waals surface area contributed by atoms with Crippen LogP contribution in [0.5, 0.6) is 0 Å². The van der Waals surface area contributed by atoms with E-state index in [0.717, 1.165) is 16.5 Å². The maximum Gasteiger partial charge on any atom is 0.170 e. The second kappa shape index (κ2) is 7.36. The molecule has 28 heavy (non-hydrogen) atoms. The molecule has 0 aromatic carbocycles. The second-order valence-corrected chi connectivity index (χ2v) is 7.87. The number of hydrogen-bond acceptors (Lipinski definition) is 3. The minimum Gasteiger partial charge on any atom is -0.352 e. The van der Waals surface area contributed by atoms with Crippen LogP contribution in [0.4, 0.5) is 0 Å². The highest BCUT2D eigenvalue weighted by Crippen LogP contribution is 2.43. The van der Waals surface area contributed by atoms with Gasteiger partial charge in [-0.2, -0.15) is 0 Å².